The fraction of sp³-hybridized carbons (Fsp3) is 0.111. The molecule has 0 aliphatic heterocycles. The monoisotopic (exact) mass is 338 g/mol. The molecular weight excluding hydrogens is 324 g/mol. The number of ether oxygens (including phenoxy) is 2. The predicted molar refractivity (Wildman–Crippen MR) is 95.8 cm³/mol. The molecule has 5 nitrogen and oxygen atoms in total. The minimum Gasteiger partial charge on any atom is -0.497 e. The van der Waals surface area contributed by atoms with Gasteiger partial charge in [-0.1, -0.05) is 18.2 Å². The number of fused-ring (bicyclic) bond motifs is 2. The van der Waals surface area contributed by atoms with Crippen LogP contribution in [-0.4, -0.2) is 24.0 Å². The summed E-state index contributed by atoms with van der Waals surface area (Å²) >= 11 is 1.47. The van der Waals surface area contributed by atoms with Crippen molar-refractivity contribution in [1.82, 2.24) is 9.78 Å². The zero-order chi connectivity index (χ0) is 16.7. The second-order valence-corrected chi connectivity index (χ2v) is 6.35. The Morgan fingerprint density at radius 1 is 1.08 bits per heavy atom. The molecule has 0 amide bonds. The normalized spacial score (nSPS) is 11.1. The van der Waals surface area contributed by atoms with Gasteiger partial charge >= 0.3 is 0 Å². The van der Waals surface area contributed by atoms with Gasteiger partial charge in [0.1, 0.15) is 16.5 Å². The molecule has 0 N–H and O–H groups in total. The Hall–Kier alpha value is -2.86. The maximum Gasteiger partial charge on any atom is 0.193 e. The van der Waals surface area contributed by atoms with Crippen LogP contribution in [0.15, 0.2) is 53.5 Å². The number of nitrogens with zero attached hydrogens (tertiary/aromatic N) is 2. The number of benzene rings is 2. The van der Waals surface area contributed by atoms with Crippen LogP contribution in [0.25, 0.3) is 26.0 Å². The summed E-state index contributed by atoms with van der Waals surface area (Å²) < 4.78 is 13.2. The lowest BCUT2D eigenvalue weighted by Gasteiger charge is -2.09. The molecule has 0 saturated heterocycles. The number of hydrogen-bond acceptors (Lipinski definition) is 5. The van der Waals surface area contributed by atoms with Crippen molar-refractivity contribution in [2.75, 3.05) is 14.2 Å². The quantitative estimate of drug-likeness (QED) is 0.572. The molecule has 4 rings (SSSR count). The van der Waals surface area contributed by atoms with Gasteiger partial charge in [0.15, 0.2) is 5.43 Å². The molecule has 0 fully saturated rings. The molecule has 2 heterocycles. The summed E-state index contributed by atoms with van der Waals surface area (Å²) in [5, 5.41) is 6.88. The van der Waals surface area contributed by atoms with E-state index in [1.54, 1.807) is 31.0 Å². The summed E-state index contributed by atoms with van der Waals surface area (Å²) in [6.45, 7) is 0. The third-order valence-corrected chi connectivity index (χ3v) is 4.91. The summed E-state index contributed by atoms with van der Waals surface area (Å²) in [5.41, 5.74) is 0.790. The third kappa shape index (κ3) is 2.32. The first-order valence-electron chi connectivity index (χ1n) is 7.34. The molecule has 4 aromatic rings. The van der Waals surface area contributed by atoms with Gasteiger partial charge in [-0.05, 0) is 12.1 Å². The Balaban J connectivity index is 1.98. The highest BCUT2D eigenvalue weighted by molar-refractivity contribution is 7.20. The van der Waals surface area contributed by atoms with Crippen LogP contribution in [0.1, 0.15) is 0 Å². The van der Waals surface area contributed by atoms with E-state index in [9.17, 15) is 4.79 Å². The molecule has 0 bridgehead atoms. The summed E-state index contributed by atoms with van der Waals surface area (Å²) in [4.78, 5) is 12.6. The van der Waals surface area contributed by atoms with Crippen LogP contribution in [0.3, 0.4) is 0 Å². The van der Waals surface area contributed by atoms with Gasteiger partial charge in [0, 0.05) is 28.4 Å². The van der Waals surface area contributed by atoms with Gasteiger partial charge < -0.3 is 9.47 Å². The van der Waals surface area contributed by atoms with Crippen LogP contribution >= 0.6 is 11.3 Å². The molecule has 0 aliphatic carbocycles. The summed E-state index contributed by atoms with van der Waals surface area (Å²) in [5.74, 6) is 1.17. The lowest BCUT2D eigenvalue weighted by Crippen LogP contribution is -2.05. The highest BCUT2D eigenvalue weighted by Gasteiger charge is 2.13. The topological polar surface area (TPSA) is 53.4 Å². The summed E-state index contributed by atoms with van der Waals surface area (Å²) in [6, 6.07) is 13.0. The molecule has 24 heavy (non-hydrogen) atoms. The van der Waals surface area contributed by atoms with Gasteiger partial charge in [0.25, 0.3) is 0 Å². The highest BCUT2D eigenvalue weighted by Crippen LogP contribution is 2.33. The average Bonchev–Trinajstić information content (AvgIpc) is 3.04. The van der Waals surface area contributed by atoms with Gasteiger partial charge in [0.05, 0.1) is 25.1 Å². The first-order chi connectivity index (χ1) is 11.7. The van der Waals surface area contributed by atoms with E-state index in [1.165, 1.54) is 11.3 Å². The second-order valence-electron chi connectivity index (χ2n) is 5.28. The maximum absolute atomic E-state index is 12.6. The van der Waals surface area contributed by atoms with Crippen molar-refractivity contribution in [2.45, 2.75) is 0 Å². The fourth-order valence-corrected chi connectivity index (χ4v) is 3.74. The van der Waals surface area contributed by atoms with Crippen molar-refractivity contribution in [3.8, 4) is 16.5 Å². The van der Waals surface area contributed by atoms with Crippen LogP contribution in [0.5, 0.6) is 11.5 Å². The van der Waals surface area contributed by atoms with Crippen molar-refractivity contribution >= 4 is 32.3 Å². The van der Waals surface area contributed by atoms with Gasteiger partial charge in [0.2, 0.25) is 0 Å². The van der Waals surface area contributed by atoms with E-state index in [2.05, 4.69) is 5.10 Å². The third-order valence-electron chi connectivity index (χ3n) is 3.85. The molecular formula is C18H14N2O3S. The lowest BCUT2D eigenvalue weighted by atomic mass is 10.2. The van der Waals surface area contributed by atoms with Crippen molar-refractivity contribution in [3.05, 3.63) is 58.9 Å². The van der Waals surface area contributed by atoms with Crippen LogP contribution in [0, 0.1) is 0 Å². The maximum atomic E-state index is 12.6. The minimum atomic E-state index is -0.0993. The zero-order valence-electron chi connectivity index (χ0n) is 13.1. The van der Waals surface area contributed by atoms with Gasteiger partial charge in [-0.15, -0.1) is 11.3 Å². The van der Waals surface area contributed by atoms with Crippen LogP contribution in [-0.2, 0) is 0 Å². The largest absolute Gasteiger partial charge is 0.497 e. The molecule has 6 heteroatoms. The SMILES string of the molecule is COc1cc(OC)c2c(=O)cc(-n3cc4ccccc4n3)sc2c1. The first kappa shape index (κ1) is 14.7. The molecule has 0 aliphatic rings. The Bertz CT molecular complexity index is 1080. The molecule has 0 atom stereocenters. The Labute approximate surface area is 141 Å². The predicted octanol–water partition coefficient (Wildman–Crippen LogP) is 3.62. The average molecular weight is 338 g/mol. The number of aromatic nitrogens is 2. The number of methoxy groups -OCH3 is 2. The summed E-state index contributed by atoms with van der Waals surface area (Å²) in [6.07, 6.45) is 1.92. The molecule has 120 valence electrons. The van der Waals surface area contributed by atoms with E-state index in [0.717, 1.165) is 20.6 Å². The molecule has 0 spiro atoms. The van der Waals surface area contributed by atoms with E-state index in [-0.39, 0.29) is 5.43 Å². The Kier molecular flexibility index (Phi) is 3.46. The smallest absolute Gasteiger partial charge is 0.193 e. The number of hydrogen-bond donors (Lipinski definition) is 0. The standard InChI is InChI=1S/C18H14N2O3S/c1-22-12-7-15(23-2)18-14(21)9-17(24-16(18)8-12)20-10-11-5-3-4-6-13(11)19-20/h3-10H,1-2H3. The second kappa shape index (κ2) is 5.65. The molecule has 2 aromatic heterocycles. The van der Waals surface area contributed by atoms with Crippen molar-refractivity contribution in [2.24, 2.45) is 0 Å². The minimum absolute atomic E-state index is 0.0993. The molecule has 0 radical (unpaired) electrons. The van der Waals surface area contributed by atoms with E-state index in [1.807, 2.05) is 36.5 Å². The zero-order valence-corrected chi connectivity index (χ0v) is 14.0. The van der Waals surface area contributed by atoms with Crippen molar-refractivity contribution < 1.29 is 9.47 Å². The molecule has 2 aromatic carbocycles. The Morgan fingerprint density at radius 2 is 1.92 bits per heavy atom. The van der Waals surface area contributed by atoms with E-state index in [0.29, 0.717) is 16.9 Å². The van der Waals surface area contributed by atoms with E-state index >= 15 is 0 Å². The van der Waals surface area contributed by atoms with E-state index < -0.39 is 0 Å². The highest BCUT2D eigenvalue weighted by atomic mass is 32.1. The van der Waals surface area contributed by atoms with E-state index in [4.69, 9.17) is 9.47 Å². The van der Waals surface area contributed by atoms with Crippen LogP contribution in [0.4, 0.5) is 0 Å². The fourth-order valence-electron chi connectivity index (χ4n) is 2.68. The van der Waals surface area contributed by atoms with Gasteiger partial charge in [-0.3, -0.25) is 4.79 Å². The van der Waals surface area contributed by atoms with Crippen LogP contribution < -0.4 is 14.9 Å². The molecule has 0 saturated carbocycles. The van der Waals surface area contributed by atoms with Crippen LogP contribution in [0.2, 0.25) is 0 Å². The lowest BCUT2D eigenvalue weighted by molar-refractivity contribution is 0.398. The summed E-state index contributed by atoms with van der Waals surface area (Å²) in [7, 11) is 3.14. The number of rotatable bonds is 3. The Morgan fingerprint density at radius 3 is 2.67 bits per heavy atom. The first-order valence-corrected chi connectivity index (χ1v) is 8.16. The molecule has 0 unspecified atom stereocenters. The van der Waals surface area contributed by atoms with Gasteiger partial charge in [-0.25, -0.2) is 4.68 Å². The van der Waals surface area contributed by atoms with Crippen molar-refractivity contribution in [3.63, 3.8) is 0 Å². The van der Waals surface area contributed by atoms with Gasteiger partial charge in [-0.2, -0.15) is 5.10 Å². The van der Waals surface area contributed by atoms with Crippen molar-refractivity contribution in [1.29, 1.82) is 0 Å².